The predicted octanol–water partition coefficient (Wildman–Crippen LogP) is 2.75. The van der Waals surface area contributed by atoms with Crippen LogP contribution in [0.25, 0.3) is 34.2 Å². The van der Waals surface area contributed by atoms with Crippen LogP contribution in [0.4, 0.5) is 0 Å². The Labute approximate surface area is 230 Å². The van der Waals surface area contributed by atoms with E-state index in [1.54, 1.807) is 15.6 Å². The van der Waals surface area contributed by atoms with Crippen molar-refractivity contribution in [3.8, 4) is 17.0 Å². The van der Waals surface area contributed by atoms with E-state index in [-0.39, 0.29) is 11.7 Å². The number of ether oxygens (including phenoxy) is 1. The zero-order valence-electron chi connectivity index (χ0n) is 23.1. The number of hydrogen-bond acceptors (Lipinski definition) is 6. The summed E-state index contributed by atoms with van der Waals surface area (Å²) in [6.07, 6.45) is 9.71. The molecule has 39 heavy (non-hydrogen) atoms. The number of benzene rings is 1. The van der Waals surface area contributed by atoms with E-state index in [9.17, 15) is 9.00 Å². The molecule has 1 fully saturated rings. The fourth-order valence-corrected chi connectivity index (χ4v) is 5.91. The molecule has 5 heterocycles. The van der Waals surface area contributed by atoms with Crippen LogP contribution in [0.5, 0.6) is 5.88 Å². The molecule has 4 aromatic rings. The second-order valence-corrected chi connectivity index (χ2v) is 11.6. The van der Waals surface area contributed by atoms with E-state index >= 15 is 0 Å². The van der Waals surface area contributed by atoms with Crippen molar-refractivity contribution in [1.29, 1.82) is 0 Å². The average Bonchev–Trinajstić information content (AvgIpc) is 3.67. The van der Waals surface area contributed by atoms with Crippen molar-refractivity contribution in [3.63, 3.8) is 0 Å². The van der Waals surface area contributed by atoms with Crippen molar-refractivity contribution in [2.45, 2.75) is 32.4 Å². The standard InChI is InChI=1S/C22H25N7O2.C5H11NOS/c1-13-11-27(2)12-20-15(21(30)26-28(20)3)6-8-19-16-9-14(5-7-18(16)24-25-19)17-10-23-29(4)22(17)31-13;1-8(7)6-4-2-3-5-6/h5-10,13H,11-12H2,1-4H3,(H,24,25)(H,26,30);2-5H2,1H3/b8-6+;. The monoisotopic (exact) mass is 552 g/mol. The van der Waals surface area contributed by atoms with E-state index in [1.165, 1.54) is 12.8 Å². The number of aromatic amines is 2. The first-order valence-electron chi connectivity index (χ1n) is 13.1. The molecule has 2 aliphatic rings. The van der Waals surface area contributed by atoms with Gasteiger partial charge in [-0.1, -0.05) is 6.07 Å². The quantitative estimate of drug-likeness (QED) is 0.375. The Bertz CT molecular complexity index is 1570. The third kappa shape index (κ3) is 5.77. The van der Waals surface area contributed by atoms with Crippen LogP contribution in [0, 0.1) is 0 Å². The molecule has 0 amide bonds. The maximum Gasteiger partial charge on any atom is 0.271 e. The van der Waals surface area contributed by atoms with Gasteiger partial charge >= 0.3 is 0 Å². The maximum absolute atomic E-state index is 12.6. The molecule has 6 rings (SSSR count). The smallest absolute Gasteiger partial charge is 0.271 e. The van der Waals surface area contributed by atoms with Crippen LogP contribution >= 0.6 is 0 Å². The van der Waals surface area contributed by atoms with Gasteiger partial charge in [0.1, 0.15) is 6.10 Å². The van der Waals surface area contributed by atoms with Gasteiger partial charge in [-0.2, -0.15) is 10.2 Å². The number of rotatable bonds is 1. The number of fused-ring (bicyclic) bond motifs is 4. The largest absolute Gasteiger partial charge is 0.473 e. The van der Waals surface area contributed by atoms with Gasteiger partial charge in [-0.05, 0) is 56.7 Å². The number of likely N-dealkylation sites (N-methyl/N-ethyl adjacent to an activating group) is 1. The summed E-state index contributed by atoms with van der Waals surface area (Å²) in [6.45, 7) is 5.40. The van der Waals surface area contributed by atoms with Crippen molar-refractivity contribution < 1.29 is 8.95 Å². The third-order valence-electron chi connectivity index (χ3n) is 7.16. The van der Waals surface area contributed by atoms with Gasteiger partial charge in [-0.25, -0.2) is 13.2 Å². The minimum atomic E-state index is -0.708. The Balaban J connectivity index is 0.000000332. The zero-order chi connectivity index (χ0) is 27.7. The molecular weight excluding hydrogens is 516 g/mol. The summed E-state index contributed by atoms with van der Waals surface area (Å²) in [5.41, 5.74) is 5.08. The van der Waals surface area contributed by atoms with Crippen LogP contribution in [0.2, 0.25) is 0 Å². The lowest BCUT2D eigenvalue weighted by molar-refractivity contribution is 0.147. The van der Waals surface area contributed by atoms with Gasteiger partial charge in [0.25, 0.3) is 5.56 Å². The van der Waals surface area contributed by atoms with Gasteiger partial charge in [-0.3, -0.25) is 24.6 Å². The molecule has 11 nitrogen and oxygen atoms in total. The first kappa shape index (κ1) is 27.1. The van der Waals surface area contributed by atoms with Gasteiger partial charge < -0.3 is 4.74 Å². The molecule has 2 atom stereocenters. The number of hydrogen-bond donors (Lipinski definition) is 2. The van der Waals surface area contributed by atoms with Crippen LogP contribution in [0.15, 0.2) is 29.2 Å². The summed E-state index contributed by atoms with van der Waals surface area (Å²) < 4.78 is 22.6. The molecule has 208 valence electrons. The molecule has 2 aliphatic heterocycles. The van der Waals surface area contributed by atoms with Crippen molar-refractivity contribution in [1.82, 2.24) is 39.0 Å². The van der Waals surface area contributed by atoms with E-state index < -0.39 is 11.0 Å². The second-order valence-electron chi connectivity index (χ2n) is 10.2. The molecule has 0 radical (unpaired) electrons. The van der Waals surface area contributed by atoms with Crippen LogP contribution < -0.4 is 10.3 Å². The molecule has 0 aliphatic carbocycles. The number of H-pyrrole nitrogens is 2. The molecule has 3 aromatic heterocycles. The van der Waals surface area contributed by atoms with Crippen LogP contribution in [0.3, 0.4) is 0 Å². The molecule has 2 bridgehead atoms. The zero-order valence-corrected chi connectivity index (χ0v) is 23.9. The second kappa shape index (κ2) is 11.3. The summed E-state index contributed by atoms with van der Waals surface area (Å²) in [4.78, 5) is 14.7. The summed E-state index contributed by atoms with van der Waals surface area (Å²) >= 11 is 0. The highest BCUT2D eigenvalue weighted by molar-refractivity contribution is 7.81. The Morgan fingerprint density at radius 3 is 2.62 bits per heavy atom. The van der Waals surface area contributed by atoms with Crippen molar-refractivity contribution in [2.24, 2.45) is 14.1 Å². The molecule has 1 saturated heterocycles. The van der Waals surface area contributed by atoms with Crippen LogP contribution in [-0.2, 0) is 31.6 Å². The highest BCUT2D eigenvalue weighted by Gasteiger charge is 2.20. The lowest BCUT2D eigenvalue weighted by atomic mass is 10.1. The predicted molar refractivity (Wildman–Crippen MR) is 155 cm³/mol. The van der Waals surface area contributed by atoms with E-state index in [1.807, 2.05) is 62.9 Å². The van der Waals surface area contributed by atoms with E-state index in [0.29, 0.717) is 18.7 Å². The van der Waals surface area contributed by atoms with E-state index in [2.05, 4.69) is 31.4 Å². The van der Waals surface area contributed by atoms with Crippen LogP contribution in [-0.4, -0.2) is 82.2 Å². The topological polar surface area (TPSA) is 117 Å². The highest BCUT2D eigenvalue weighted by Crippen LogP contribution is 2.33. The van der Waals surface area contributed by atoms with E-state index in [4.69, 9.17) is 4.74 Å². The Kier molecular flexibility index (Phi) is 7.87. The third-order valence-corrected chi connectivity index (χ3v) is 8.25. The Morgan fingerprint density at radius 1 is 1.13 bits per heavy atom. The normalized spacial score (nSPS) is 19.9. The summed E-state index contributed by atoms with van der Waals surface area (Å²) in [7, 11) is 5.06. The number of aryl methyl sites for hydroxylation is 2. The van der Waals surface area contributed by atoms with E-state index in [0.717, 1.165) is 52.4 Å². The Hall–Kier alpha value is -3.48. The molecule has 2 unspecified atom stereocenters. The minimum Gasteiger partial charge on any atom is -0.473 e. The number of aromatic nitrogens is 6. The van der Waals surface area contributed by atoms with Gasteiger partial charge in [-0.15, -0.1) is 0 Å². The van der Waals surface area contributed by atoms with Crippen molar-refractivity contribution in [3.05, 3.63) is 51.7 Å². The summed E-state index contributed by atoms with van der Waals surface area (Å²) in [6, 6.07) is 6.08. The van der Waals surface area contributed by atoms with Crippen LogP contribution in [0.1, 0.15) is 36.7 Å². The lowest BCUT2D eigenvalue weighted by Gasteiger charge is -2.23. The molecule has 12 heteroatoms. The average molecular weight is 553 g/mol. The molecule has 0 saturated carbocycles. The molecule has 1 aromatic carbocycles. The van der Waals surface area contributed by atoms with Crippen molar-refractivity contribution >= 4 is 34.0 Å². The maximum atomic E-state index is 12.6. The minimum absolute atomic E-state index is 0.0764. The molecule has 2 N–H and O–H groups in total. The molecular formula is C27H36N8O3S. The van der Waals surface area contributed by atoms with Gasteiger partial charge in [0.15, 0.2) is 0 Å². The van der Waals surface area contributed by atoms with Gasteiger partial charge in [0.05, 0.1) is 45.2 Å². The number of nitrogens with zero attached hydrogens (tertiary/aromatic N) is 6. The summed E-state index contributed by atoms with van der Waals surface area (Å²) in [5.74, 6) is 0.727. The van der Waals surface area contributed by atoms with Gasteiger partial charge in [0.2, 0.25) is 5.88 Å². The SMILES string of the molecule is CC1CN(C)Cc2c(c(=O)[nH]n2C)/C=C/c2[nH]nc3ccc(cc23)-c2cnn(C)c2O1.CS(=O)N1CCCC1. The Morgan fingerprint density at radius 2 is 1.90 bits per heavy atom. The molecule has 0 spiro atoms. The fourth-order valence-electron chi connectivity index (χ4n) is 5.14. The fraction of sp³-hybridized carbons (Fsp3) is 0.444. The highest BCUT2D eigenvalue weighted by atomic mass is 32.2. The van der Waals surface area contributed by atoms with Crippen molar-refractivity contribution in [2.75, 3.05) is 32.9 Å². The van der Waals surface area contributed by atoms with Gasteiger partial charge in [0, 0.05) is 51.9 Å². The first-order chi connectivity index (χ1) is 18.7. The number of nitrogens with one attached hydrogen (secondary N) is 2. The lowest BCUT2D eigenvalue weighted by Crippen LogP contribution is -2.32. The first-order valence-corrected chi connectivity index (χ1v) is 14.6. The summed E-state index contributed by atoms with van der Waals surface area (Å²) in [5, 5.41) is 15.8.